The molecule has 1 aliphatic heterocycles. The summed E-state index contributed by atoms with van der Waals surface area (Å²) >= 11 is 15.0. The van der Waals surface area contributed by atoms with Crippen molar-refractivity contribution in [3.63, 3.8) is 0 Å². The van der Waals surface area contributed by atoms with Crippen LogP contribution in [0.4, 0.5) is 15.1 Å². The number of aryl methyl sites for hydroxylation is 1. The number of H-pyrrole nitrogens is 1. The summed E-state index contributed by atoms with van der Waals surface area (Å²) < 4.78 is 15.8. The second-order valence-corrected chi connectivity index (χ2v) is 11.0. The molecule has 0 bridgehead atoms. The Bertz CT molecular complexity index is 1290. The van der Waals surface area contributed by atoms with E-state index in [2.05, 4.69) is 20.0 Å². The van der Waals surface area contributed by atoms with Crippen LogP contribution in [-0.2, 0) is 9.47 Å². The van der Waals surface area contributed by atoms with Crippen LogP contribution in [0, 0.1) is 6.92 Å². The molecular weight excluding hydrogens is 563 g/mol. The molecule has 15 heteroatoms. The summed E-state index contributed by atoms with van der Waals surface area (Å²) in [6.45, 7) is 2.77. The quantitative estimate of drug-likeness (QED) is 0.385. The SMILES string of the molecule is COC(=O)Oc1sc(N2CC[C@@H](NC(=O)c3[nH]c(C)c(Cl)c3Cl)[C@@H](OC)C2)nc1-c1csc(N(C)C)n1. The minimum absolute atomic E-state index is 0.191. The monoisotopic (exact) mass is 588 g/mol. The van der Waals surface area contributed by atoms with Crippen LogP contribution in [0.3, 0.4) is 0 Å². The minimum Gasteiger partial charge on any atom is -0.437 e. The number of aromatic nitrogens is 3. The van der Waals surface area contributed by atoms with Gasteiger partial charge in [0.1, 0.15) is 17.1 Å². The highest BCUT2D eigenvalue weighted by Crippen LogP contribution is 2.41. The van der Waals surface area contributed by atoms with Crippen LogP contribution in [0.25, 0.3) is 11.4 Å². The Balaban J connectivity index is 1.53. The van der Waals surface area contributed by atoms with Crippen molar-refractivity contribution in [1.29, 1.82) is 0 Å². The number of hydrogen-bond acceptors (Lipinski definition) is 11. The van der Waals surface area contributed by atoms with Crippen LogP contribution in [0.15, 0.2) is 5.38 Å². The minimum atomic E-state index is -0.839. The van der Waals surface area contributed by atoms with Gasteiger partial charge in [-0.2, -0.15) is 0 Å². The second-order valence-electron chi connectivity index (χ2n) is 8.44. The summed E-state index contributed by atoms with van der Waals surface area (Å²) in [5.74, 6) is -0.356. The predicted octanol–water partition coefficient (Wildman–Crippen LogP) is 4.44. The number of nitrogens with one attached hydrogen (secondary N) is 2. The van der Waals surface area contributed by atoms with Crippen molar-refractivity contribution >= 4 is 68.2 Å². The number of amides is 1. The Kier molecular flexibility index (Phi) is 8.49. The topological polar surface area (TPSA) is 122 Å². The first-order valence-electron chi connectivity index (χ1n) is 11.1. The van der Waals surface area contributed by atoms with E-state index in [1.54, 1.807) is 14.0 Å². The van der Waals surface area contributed by atoms with Crippen molar-refractivity contribution in [1.82, 2.24) is 20.3 Å². The fourth-order valence-corrected chi connectivity index (χ4v) is 5.93. The molecule has 2 atom stereocenters. The van der Waals surface area contributed by atoms with Crippen molar-refractivity contribution in [3.05, 3.63) is 26.8 Å². The lowest BCUT2D eigenvalue weighted by Crippen LogP contribution is -2.55. The van der Waals surface area contributed by atoms with Gasteiger partial charge in [0.05, 0.1) is 29.3 Å². The van der Waals surface area contributed by atoms with E-state index < -0.39 is 6.16 Å². The third kappa shape index (κ3) is 5.80. The number of carbonyl (C=O) groups excluding carboxylic acids is 2. The van der Waals surface area contributed by atoms with Gasteiger partial charge in [-0.3, -0.25) is 4.79 Å². The van der Waals surface area contributed by atoms with Crippen molar-refractivity contribution < 1.29 is 23.8 Å². The van der Waals surface area contributed by atoms with Gasteiger partial charge >= 0.3 is 6.16 Å². The number of aromatic amines is 1. The second kappa shape index (κ2) is 11.4. The van der Waals surface area contributed by atoms with Gasteiger partial charge in [0.25, 0.3) is 5.91 Å². The summed E-state index contributed by atoms with van der Waals surface area (Å²) in [4.78, 5) is 40.9. The zero-order valence-corrected chi connectivity index (χ0v) is 23.9. The van der Waals surface area contributed by atoms with Crippen LogP contribution >= 0.6 is 45.9 Å². The highest BCUT2D eigenvalue weighted by Gasteiger charge is 2.34. The molecule has 0 saturated carbocycles. The van der Waals surface area contributed by atoms with E-state index in [0.717, 1.165) is 5.13 Å². The molecule has 4 rings (SSSR count). The summed E-state index contributed by atoms with van der Waals surface area (Å²) in [5, 5.41) is 7.09. The maximum atomic E-state index is 12.9. The average molecular weight is 590 g/mol. The first-order chi connectivity index (χ1) is 17.6. The molecule has 4 heterocycles. The summed E-state index contributed by atoms with van der Waals surface area (Å²) in [7, 11) is 6.63. The van der Waals surface area contributed by atoms with Gasteiger partial charge in [-0.05, 0) is 13.3 Å². The number of halogens is 2. The smallest absolute Gasteiger partial charge is 0.437 e. The van der Waals surface area contributed by atoms with Gasteiger partial charge in [0, 0.05) is 45.4 Å². The molecule has 1 fully saturated rings. The standard InChI is InChI=1S/C22H26Cl2N6O5S2/c1-10-14(23)15(24)17(25-10)18(31)26-11-6-7-30(8-13(11)33-4)21-28-16(19(37-21)35-22(32)34-5)12-9-36-20(27-12)29(2)3/h9,11,13,25H,6-8H2,1-5H3,(H,26,31)/t11-,13+/m1/s1. The molecule has 1 saturated heterocycles. The Morgan fingerprint density at radius 3 is 2.59 bits per heavy atom. The largest absolute Gasteiger partial charge is 0.514 e. The van der Waals surface area contributed by atoms with E-state index in [1.807, 2.05) is 29.3 Å². The number of ether oxygens (including phenoxy) is 3. The van der Waals surface area contributed by atoms with Gasteiger partial charge in [0.15, 0.2) is 10.3 Å². The van der Waals surface area contributed by atoms with Crippen LogP contribution in [0.5, 0.6) is 5.06 Å². The van der Waals surface area contributed by atoms with Crippen LogP contribution in [-0.4, -0.2) is 80.6 Å². The van der Waals surface area contributed by atoms with E-state index in [0.29, 0.717) is 46.7 Å². The van der Waals surface area contributed by atoms with Crippen LogP contribution in [0.1, 0.15) is 22.6 Å². The number of piperidine rings is 1. The van der Waals surface area contributed by atoms with E-state index in [1.165, 1.54) is 29.8 Å². The van der Waals surface area contributed by atoms with Gasteiger partial charge in [-0.15, -0.1) is 11.3 Å². The lowest BCUT2D eigenvalue weighted by molar-refractivity contribution is 0.0540. The highest BCUT2D eigenvalue weighted by atomic mass is 35.5. The first-order valence-corrected chi connectivity index (χ1v) is 13.6. The van der Waals surface area contributed by atoms with Crippen LogP contribution < -0.4 is 19.9 Å². The molecule has 1 amide bonds. The van der Waals surface area contributed by atoms with Gasteiger partial charge in [-0.25, -0.2) is 14.8 Å². The summed E-state index contributed by atoms with van der Waals surface area (Å²) in [6, 6.07) is -0.265. The number of nitrogens with zero attached hydrogens (tertiary/aromatic N) is 4. The van der Waals surface area contributed by atoms with Crippen molar-refractivity contribution in [2.75, 3.05) is 51.2 Å². The molecule has 37 heavy (non-hydrogen) atoms. The normalized spacial score (nSPS) is 17.5. The fraction of sp³-hybridized carbons (Fsp3) is 0.455. The number of methoxy groups -OCH3 is 2. The molecule has 0 radical (unpaired) electrons. The number of rotatable bonds is 7. The highest BCUT2D eigenvalue weighted by molar-refractivity contribution is 7.18. The molecule has 11 nitrogen and oxygen atoms in total. The first kappa shape index (κ1) is 27.5. The molecule has 3 aromatic heterocycles. The Hall–Kier alpha value is -2.58. The van der Waals surface area contributed by atoms with Gasteiger partial charge in [0.2, 0.25) is 5.06 Å². The van der Waals surface area contributed by atoms with Gasteiger partial charge < -0.3 is 34.3 Å². The average Bonchev–Trinajstić information content (AvgIpc) is 3.59. The third-order valence-corrected chi connectivity index (χ3v) is 8.72. The Morgan fingerprint density at radius 1 is 1.24 bits per heavy atom. The van der Waals surface area contributed by atoms with E-state index >= 15 is 0 Å². The molecule has 0 spiro atoms. The van der Waals surface area contributed by atoms with E-state index in [-0.39, 0.29) is 33.8 Å². The zero-order valence-electron chi connectivity index (χ0n) is 20.8. The van der Waals surface area contributed by atoms with Crippen molar-refractivity contribution in [2.45, 2.75) is 25.5 Å². The molecule has 0 unspecified atom stereocenters. The maximum absolute atomic E-state index is 12.9. The lowest BCUT2D eigenvalue weighted by Gasteiger charge is -2.37. The fourth-order valence-electron chi connectivity index (χ4n) is 3.82. The van der Waals surface area contributed by atoms with E-state index in [9.17, 15) is 9.59 Å². The lowest BCUT2D eigenvalue weighted by atomic mass is 10.0. The number of thiazole rings is 2. The number of anilines is 2. The Morgan fingerprint density at radius 2 is 2.00 bits per heavy atom. The van der Waals surface area contributed by atoms with Crippen LogP contribution in [0.2, 0.25) is 10.0 Å². The molecular formula is C22H26Cl2N6O5S2. The maximum Gasteiger partial charge on any atom is 0.514 e. The number of hydrogen-bond donors (Lipinski definition) is 2. The summed E-state index contributed by atoms with van der Waals surface area (Å²) in [6.07, 6.45) is -0.590. The zero-order chi connectivity index (χ0) is 26.9. The molecule has 3 aromatic rings. The summed E-state index contributed by atoms with van der Waals surface area (Å²) in [5.41, 5.74) is 1.89. The number of carbonyl (C=O) groups is 2. The van der Waals surface area contributed by atoms with Crippen molar-refractivity contribution in [3.8, 4) is 16.5 Å². The van der Waals surface area contributed by atoms with Gasteiger partial charge in [-0.1, -0.05) is 34.5 Å². The molecule has 200 valence electrons. The molecule has 0 aliphatic carbocycles. The molecule has 0 aromatic carbocycles. The molecule has 2 N–H and O–H groups in total. The Labute approximate surface area is 231 Å². The predicted molar refractivity (Wildman–Crippen MR) is 145 cm³/mol. The van der Waals surface area contributed by atoms with Crippen molar-refractivity contribution in [2.24, 2.45) is 0 Å². The van der Waals surface area contributed by atoms with E-state index in [4.69, 9.17) is 37.7 Å². The third-order valence-electron chi connectivity index (χ3n) is 5.77. The molecule has 1 aliphatic rings.